The summed E-state index contributed by atoms with van der Waals surface area (Å²) >= 11 is 0. The van der Waals surface area contributed by atoms with E-state index in [1.165, 1.54) is 38.2 Å². The van der Waals surface area contributed by atoms with Crippen molar-refractivity contribution in [3.05, 3.63) is 35.9 Å². The monoisotopic (exact) mass is 418 g/mol. The Balaban J connectivity index is 1.74. The molecule has 2 fully saturated rings. The zero-order valence-electron chi connectivity index (χ0n) is 17.6. The first kappa shape index (κ1) is 22.6. The van der Waals surface area contributed by atoms with Crippen LogP contribution in [0, 0.1) is 17.8 Å². The van der Waals surface area contributed by atoms with Crippen molar-refractivity contribution in [2.24, 2.45) is 17.8 Å². The van der Waals surface area contributed by atoms with Crippen LogP contribution in [0.4, 0.5) is 0 Å². The second-order valence-electron chi connectivity index (χ2n) is 8.95. The molecule has 0 amide bonds. The van der Waals surface area contributed by atoms with Gasteiger partial charge >= 0.3 is 5.97 Å². The molecule has 0 aromatic heterocycles. The average Bonchev–Trinajstić information content (AvgIpc) is 2.99. The molecule has 0 heterocycles. The van der Waals surface area contributed by atoms with Crippen LogP contribution in [0.1, 0.15) is 63.4 Å². The molecular weight excluding hydrogens is 384 g/mol. The smallest absolute Gasteiger partial charge is 0.341 e. The number of para-hydroxylation sites is 1. The van der Waals surface area contributed by atoms with Crippen LogP contribution in [-0.2, 0) is 4.79 Å². The second kappa shape index (κ2) is 10.3. The van der Waals surface area contributed by atoms with Gasteiger partial charge in [0.05, 0.1) is 12.2 Å². The van der Waals surface area contributed by atoms with Crippen LogP contribution in [-0.4, -0.2) is 45.2 Å². The Morgan fingerprint density at radius 3 is 2.70 bits per heavy atom. The summed E-state index contributed by atoms with van der Waals surface area (Å²) in [5.41, 5.74) is 0.637. The number of aliphatic hydroxyl groups excluding tert-OH is 2. The van der Waals surface area contributed by atoms with Crippen molar-refractivity contribution >= 4 is 5.97 Å². The number of carbonyl (C=O) groups is 1. The van der Waals surface area contributed by atoms with E-state index >= 15 is 0 Å². The van der Waals surface area contributed by atoms with Crippen LogP contribution in [0.3, 0.4) is 0 Å². The van der Waals surface area contributed by atoms with Crippen LogP contribution >= 0.6 is 0 Å². The fourth-order valence-electron chi connectivity index (χ4n) is 5.23. The van der Waals surface area contributed by atoms with Crippen LogP contribution < -0.4 is 4.74 Å². The molecule has 1 aromatic rings. The van der Waals surface area contributed by atoms with Crippen molar-refractivity contribution in [2.45, 2.75) is 70.0 Å². The van der Waals surface area contributed by atoms with Crippen molar-refractivity contribution in [1.29, 1.82) is 0 Å². The minimum absolute atomic E-state index is 0.0779. The van der Waals surface area contributed by atoms with Gasteiger partial charge in [-0.25, -0.2) is 4.79 Å². The lowest BCUT2D eigenvalue weighted by atomic mass is 9.82. The van der Waals surface area contributed by atoms with Crippen molar-refractivity contribution in [2.75, 3.05) is 6.61 Å². The number of aromatic hydroxyl groups is 1. The number of aliphatic carboxylic acids is 1. The number of hydrogen-bond acceptors (Lipinski definition) is 5. The second-order valence-corrected chi connectivity index (χ2v) is 8.95. The minimum atomic E-state index is -1.11. The SMILES string of the molecule is C[C@H]1C[C@@H](O)C(/C=C/[C@@H](O)CC2CCCCC2)C1c1cccc(OCC(=O)O)c1O. The molecule has 0 aliphatic heterocycles. The zero-order chi connectivity index (χ0) is 21.7. The predicted octanol–water partition coefficient (Wildman–Crippen LogP) is 3.84. The normalized spacial score (nSPS) is 28.6. The molecule has 0 saturated heterocycles. The lowest BCUT2D eigenvalue weighted by Crippen LogP contribution is -2.19. The quantitative estimate of drug-likeness (QED) is 0.478. The first-order valence-corrected chi connectivity index (χ1v) is 11.1. The summed E-state index contributed by atoms with van der Waals surface area (Å²) < 4.78 is 5.21. The maximum absolute atomic E-state index is 10.8. The molecule has 3 rings (SSSR count). The van der Waals surface area contributed by atoms with Gasteiger partial charge < -0.3 is 25.2 Å². The Labute approximate surface area is 178 Å². The molecule has 0 bridgehead atoms. The van der Waals surface area contributed by atoms with Gasteiger partial charge in [0.15, 0.2) is 18.1 Å². The number of carboxylic acid groups (broad SMARTS) is 1. The topological polar surface area (TPSA) is 107 Å². The number of phenols is 1. The summed E-state index contributed by atoms with van der Waals surface area (Å²) in [7, 11) is 0. The molecule has 6 nitrogen and oxygen atoms in total. The highest BCUT2D eigenvalue weighted by Crippen LogP contribution is 2.49. The molecule has 30 heavy (non-hydrogen) atoms. The number of carboxylic acids is 1. The van der Waals surface area contributed by atoms with E-state index in [4.69, 9.17) is 9.84 Å². The molecule has 2 aliphatic carbocycles. The first-order chi connectivity index (χ1) is 14.4. The van der Waals surface area contributed by atoms with E-state index in [0.29, 0.717) is 17.9 Å². The maximum atomic E-state index is 10.8. The molecular formula is C24H34O6. The van der Waals surface area contributed by atoms with E-state index in [2.05, 4.69) is 0 Å². The van der Waals surface area contributed by atoms with Crippen LogP contribution in [0.15, 0.2) is 30.4 Å². The molecule has 6 heteroatoms. The van der Waals surface area contributed by atoms with Crippen molar-refractivity contribution in [3.8, 4) is 11.5 Å². The number of hydrogen-bond donors (Lipinski definition) is 4. The third-order valence-corrected chi connectivity index (χ3v) is 6.68. The molecule has 166 valence electrons. The van der Waals surface area contributed by atoms with Gasteiger partial charge in [0.1, 0.15) is 0 Å². The molecule has 5 atom stereocenters. The van der Waals surface area contributed by atoms with Crippen molar-refractivity contribution in [1.82, 2.24) is 0 Å². The van der Waals surface area contributed by atoms with E-state index in [1.54, 1.807) is 18.2 Å². The number of aliphatic hydroxyl groups is 2. The van der Waals surface area contributed by atoms with Gasteiger partial charge in [-0.3, -0.25) is 0 Å². The summed E-state index contributed by atoms with van der Waals surface area (Å²) in [6.07, 6.45) is 10.1. The molecule has 0 radical (unpaired) electrons. The minimum Gasteiger partial charge on any atom is -0.504 e. The number of ether oxygens (including phenoxy) is 1. The fourth-order valence-corrected chi connectivity index (χ4v) is 5.23. The Kier molecular flexibility index (Phi) is 7.78. The zero-order valence-corrected chi connectivity index (χ0v) is 17.6. The number of phenolic OH excluding ortho intramolecular Hbond substituents is 1. The Bertz CT molecular complexity index is 739. The van der Waals surface area contributed by atoms with E-state index in [9.17, 15) is 20.1 Å². The molecule has 2 unspecified atom stereocenters. The molecule has 0 spiro atoms. The van der Waals surface area contributed by atoms with Gasteiger partial charge in [0, 0.05) is 11.5 Å². The van der Waals surface area contributed by atoms with E-state index < -0.39 is 24.8 Å². The highest BCUT2D eigenvalue weighted by Gasteiger charge is 2.41. The first-order valence-electron chi connectivity index (χ1n) is 11.1. The molecule has 2 aliphatic rings. The fraction of sp³-hybridized carbons (Fsp3) is 0.625. The van der Waals surface area contributed by atoms with Crippen molar-refractivity contribution in [3.63, 3.8) is 0 Å². The largest absolute Gasteiger partial charge is 0.504 e. The van der Waals surface area contributed by atoms with Gasteiger partial charge in [-0.05, 0) is 36.7 Å². The summed E-state index contributed by atoms with van der Waals surface area (Å²) in [5.74, 6) is -0.765. The van der Waals surface area contributed by atoms with E-state index in [1.807, 2.05) is 13.0 Å². The highest BCUT2D eigenvalue weighted by atomic mass is 16.5. The van der Waals surface area contributed by atoms with E-state index in [0.717, 1.165) is 6.42 Å². The maximum Gasteiger partial charge on any atom is 0.341 e. The van der Waals surface area contributed by atoms with Gasteiger partial charge in [0.2, 0.25) is 0 Å². The summed E-state index contributed by atoms with van der Waals surface area (Å²) in [6.45, 7) is 1.50. The lowest BCUT2D eigenvalue weighted by Gasteiger charge is -2.25. The molecule has 2 saturated carbocycles. The van der Waals surface area contributed by atoms with Crippen molar-refractivity contribution < 1.29 is 30.0 Å². The summed E-state index contributed by atoms with van der Waals surface area (Å²) in [4.78, 5) is 10.8. The van der Waals surface area contributed by atoms with Gasteiger partial charge in [-0.1, -0.05) is 63.3 Å². The van der Waals surface area contributed by atoms with Crippen LogP contribution in [0.2, 0.25) is 0 Å². The van der Waals surface area contributed by atoms with Gasteiger partial charge in [0.25, 0.3) is 0 Å². The van der Waals surface area contributed by atoms with Crippen LogP contribution in [0.25, 0.3) is 0 Å². The average molecular weight is 419 g/mol. The van der Waals surface area contributed by atoms with Gasteiger partial charge in [-0.15, -0.1) is 0 Å². The standard InChI is InChI=1S/C24H34O6/c1-15-12-20(26)18(11-10-17(25)13-16-6-3-2-4-7-16)23(15)19-8-5-9-21(24(19)29)30-14-22(27)28/h5,8-11,15-18,20,23,25-26,29H,2-4,6-7,12-14H2,1H3,(H,27,28)/b11-10+/t15-,17+,18?,20+,23?/m0/s1. The predicted molar refractivity (Wildman–Crippen MR) is 114 cm³/mol. The highest BCUT2D eigenvalue weighted by molar-refractivity contribution is 5.68. The Hall–Kier alpha value is -2.05. The third kappa shape index (κ3) is 5.55. The third-order valence-electron chi connectivity index (χ3n) is 6.68. The number of rotatable bonds is 8. The molecule has 4 N–H and O–H groups in total. The Morgan fingerprint density at radius 1 is 1.27 bits per heavy atom. The Morgan fingerprint density at radius 2 is 2.00 bits per heavy atom. The lowest BCUT2D eigenvalue weighted by molar-refractivity contribution is -0.139. The van der Waals surface area contributed by atoms with Crippen LogP contribution in [0.5, 0.6) is 11.5 Å². The van der Waals surface area contributed by atoms with Gasteiger partial charge in [-0.2, -0.15) is 0 Å². The summed E-state index contributed by atoms with van der Waals surface area (Å²) in [5, 5.41) is 40.7. The number of benzene rings is 1. The molecule has 1 aromatic carbocycles. The van der Waals surface area contributed by atoms with E-state index in [-0.39, 0.29) is 29.3 Å². The summed E-state index contributed by atoms with van der Waals surface area (Å²) in [6, 6.07) is 5.06.